The van der Waals surface area contributed by atoms with Crippen molar-refractivity contribution >= 4 is 11.5 Å². The first-order valence-corrected chi connectivity index (χ1v) is 5.96. The summed E-state index contributed by atoms with van der Waals surface area (Å²) in [6, 6.07) is 7.66. The van der Waals surface area contributed by atoms with Crippen molar-refractivity contribution in [2.45, 2.75) is 32.4 Å². The van der Waals surface area contributed by atoms with E-state index in [9.17, 15) is 4.79 Å². The SMILES string of the molecule is CC(=O)c1ccc2c(c1)N(C)C(C)C(CC#N)O2. The molecule has 94 valence electrons. The van der Waals surface area contributed by atoms with Crippen molar-refractivity contribution in [1.82, 2.24) is 0 Å². The molecule has 2 atom stereocenters. The summed E-state index contributed by atoms with van der Waals surface area (Å²) in [6.45, 7) is 3.57. The molecule has 1 aromatic carbocycles. The van der Waals surface area contributed by atoms with E-state index < -0.39 is 0 Å². The van der Waals surface area contributed by atoms with Crippen molar-refractivity contribution in [2.24, 2.45) is 0 Å². The molecule has 1 aliphatic rings. The molecule has 2 unspecified atom stereocenters. The number of carbonyl (C=O) groups is 1. The monoisotopic (exact) mass is 244 g/mol. The maximum absolute atomic E-state index is 11.4. The van der Waals surface area contributed by atoms with Crippen LogP contribution in [0.25, 0.3) is 0 Å². The average Bonchev–Trinajstić information content (AvgIpc) is 2.35. The van der Waals surface area contributed by atoms with Crippen molar-refractivity contribution in [1.29, 1.82) is 5.26 Å². The number of hydrogen-bond donors (Lipinski definition) is 0. The van der Waals surface area contributed by atoms with Gasteiger partial charge in [-0.25, -0.2) is 0 Å². The first-order chi connectivity index (χ1) is 8.54. The van der Waals surface area contributed by atoms with E-state index in [-0.39, 0.29) is 17.9 Å². The third-order valence-electron chi connectivity index (χ3n) is 3.47. The largest absolute Gasteiger partial charge is 0.485 e. The van der Waals surface area contributed by atoms with Gasteiger partial charge in [-0.2, -0.15) is 5.26 Å². The molecule has 4 nitrogen and oxygen atoms in total. The van der Waals surface area contributed by atoms with E-state index in [2.05, 4.69) is 11.0 Å². The summed E-state index contributed by atoms with van der Waals surface area (Å²) in [5.41, 5.74) is 1.58. The molecule has 18 heavy (non-hydrogen) atoms. The fraction of sp³-hybridized carbons (Fsp3) is 0.429. The molecule has 0 radical (unpaired) electrons. The van der Waals surface area contributed by atoms with Crippen LogP contribution in [-0.2, 0) is 0 Å². The Hall–Kier alpha value is -2.02. The van der Waals surface area contributed by atoms with Crippen LogP contribution in [0.3, 0.4) is 0 Å². The molecule has 0 fully saturated rings. The molecule has 0 saturated carbocycles. The predicted molar refractivity (Wildman–Crippen MR) is 69.0 cm³/mol. The molecule has 1 heterocycles. The van der Waals surface area contributed by atoms with Crippen LogP contribution in [0.5, 0.6) is 5.75 Å². The maximum atomic E-state index is 11.4. The number of benzene rings is 1. The number of rotatable bonds is 2. The van der Waals surface area contributed by atoms with Gasteiger partial charge in [0.15, 0.2) is 5.78 Å². The molecular weight excluding hydrogens is 228 g/mol. The summed E-state index contributed by atoms with van der Waals surface area (Å²) in [5.74, 6) is 0.777. The molecule has 0 aromatic heterocycles. The van der Waals surface area contributed by atoms with Crippen LogP contribution in [0.15, 0.2) is 18.2 Å². The van der Waals surface area contributed by atoms with Crippen LogP contribution >= 0.6 is 0 Å². The quantitative estimate of drug-likeness (QED) is 0.749. The van der Waals surface area contributed by atoms with Crippen LogP contribution in [0.1, 0.15) is 30.6 Å². The van der Waals surface area contributed by atoms with Crippen molar-refractivity contribution < 1.29 is 9.53 Å². The van der Waals surface area contributed by atoms with E-state index >= 15 is 0 Å². The molecule has 1 aliphatic heterocycles. The fourth-order valence-electron chi connectivity index (χ4n) is 2.14. The molecule has 0 N–H and O–H groups in total. The highest BCUT2D eigenvalue weighted by atomic mass is 16.5. The van der Waals surface area contributed by atoms with Gasteiger partial charge in [0.25, 0.3) is 0 Å². The van der Waals surface area contributed by atoms with Crippen molar-refractivity contribution in [2.75, 3.05) is 11.9 Å². The van der Waals surface area contributed by atoms with Crippen LogP contribution in [0.2, 0.25) is 0 Å². The minimum absolute atomic E-state index is 0.0398. The van der Waals surface area contributed by atoms with E-state index in [0.717, 1.165) is 11.4 Å². The van der Waals surface area contributed by atoms with Crippen LogP contribution in [0.4, 0.5) is 5.69 Å². The third kappa shape index (κ3) is 2.04. The lowest BCUT2D eigenvalue weighted by atomic mass is 10.0. The Kier molecular flexibility index (Phi) is 3.24. The third-order valence-corrected chi connectivity index (χ3v) is 3.47. The van der Waals surface area contributed by atoms with E-state index in [4.69, 9.17) is 10.00 Å². The van der Waals surface area contributed by atoms with E-state index in [0.29, 0.717) is 12.0 Å². The first-order valence-electron chi connectivity index (χ1n) is 5.96. The van der Waals surface area contributed by atoms with E-state index in [1.165, 1.54) is 0 Å². The summed E-state index contributed by atoms with van der Waals surface area (Å²) >= 11 is 0. The van der Waals surface area contributed by atoms with Crippen molar-refractivity contribution in [3.05, 3.63) is 23.8 Å². The van der Waals surface area contributed by atoms with E-state index in [1.54, 1.807) is 19.1 Å². The van der Waals surface area contributed by atoms with Crippen molar-refractivity contribution in [3.8, 4) is 11.8 Å². The van der Waals surface area contributed by atoms with Gasteiger partial charge in [-0.1, -0.05) is 0 Å². The van der Waals surface area contributed by atoms with Gasteiger partial charge < -0.3 is 9.64 Å². The Morgan fingerprint density at radius 2 is 2.28 bits per heavy atom. The lowest BCUT2D eigenvalue weighted by Gasteiger charge is -2.39. The molecule has 0 saturated heterocycles. The smallest absolute Gasteiger partial charge is 0.159 e. The minimum atomic E-state index is -0.129. The van der Waals surface area contributed by atoms with E-state index in [1.807, 2.05) is 20.0 Å². The summed E-state index contributed by atoms with van der Waals surface area (Å²) in [4.78, 5) is 13.4. The van der Waals surface area contributed by atoms with Gasteiger partial charge in [0.05, 0.1) is 24.2 Å². The van der Waals surface area contributed by atoms with Gasteiger partial charge in [0.1, 0.15) is 11.9 Å². The van der Waals surface area contributed by atoms with Gasteiger partial charge >= 0.3 is 0 Å². The number of fused-ring (bicyclic) bond motifs is 1. The number of nitriles is 1. The zero-order valence-corrected chi connectivity index (χ0v) is 10.8. The fourth-order valence-corrected chi connectivity index (χ4v) is 2.14. The van der Waals surface area contributed by atoms with Gasteiger partial charge in [-0.3, -0.25) is 4.79 Å². The lowest BCUT2D eigenvalue weighted by Crippen LogP contribution is -2.45. The van der Waals surface area contributed by atoms with Gasteiger partial charge in [0, 0.05) is 12.6 Å². The zero-order valence-electron chi connectivity index (χ0n) is 10.8. The molecule has 0 spiro atoms. The number of likely N-dealkylation sites (N-methyl/N-ethyl adjacent to an activating group) is 1. The number of carbonyl (C=O) groups excluding carboxylic acids is 1. The van der Waals surface area contributed by atoms with Crippen molar-refractivity contribution in [3.63, 3.8) is 0 Å². The zero-order chi connectivity index (χ0) is 13.3. The summed E-state index contributed by atoms with van der Waals surface area (Å²) in [6.07, 6.45) is 0.232. The summed E-state index contributed by atoms with van der Waals surface area (Å²) in [7, 11) is 1.96. The van der Waals surface area contributed by atoms with Crippen LogP contribution in [-0.4, -0.2) is 25.0 Å². The average molecular weight is 244 g/mol. The second-order valence-corrected chi connectivity index (χ2v) is 4.61. The molecule has 0 amide bonds. The van der Waals surface area contributed by atoms with Gasteiger partial charge in [-0.15, -0.1) is 0 Å². The molecule has 2 rings (SSSR count). The molecule has 1 aromatic rings. The molecule has 4 heteroatoms. The van der Waals surface area contributed by atoms with Gasteiger partial charge in [-0.05, 0) is 32.0 Å². The Labute approximate surface area is 107 Å². The first kappa shape index (κ1) is 12.4. The normalized spacial score (nSPS) is 21.8. The second-order valence-electron chi connectivity index (χ2n) is 4.61. The Bertz CT molecular complexity index is 519. The topological polar surface area (TPSA) is 53.3 Å². The number of ether oxygens (including phenoxy) is 1. The number of Topliss-reactive ketones (excluding diaryl/α,β-unsaturated/α-hetero) is 1. The highest BCUT2D eigenvalue weighted by Crippen LogP contribution is 2.36. The molecule has 0 aliphatic carbocycles. The Morgan fingerprint density at radius 1 is 1.56 bits per heavy atom. The minimum Gasteiger partial charge on any atom is -0.485 e. The summed E-state index contributed by atoms with van der Waals surface area (Å²) < 4.78 is 5.81. The highest BCUT2D eigenvalue weighted by Gasteiger charge is 2.30. The number of ketones is 1. The number of hydrogen-bond acceptors (Lipinski definition) is 4. The predicted octanol–water partition coefficient (Wildman–Crippen LogP) is 2.39. The lowest BCUT2D eigenvalue weighted by molar-refractivity contribution is 0.101. The number of nitrogens with zero attached hydrogens (tertiary/aromatic N) is 2. The maximum Gasteiger partial charge on any atom is 0.159 e. The molecular formula is C14H16N2O2. The van der Waals surface area contributed by atoms with Crippen LogP contribution < -0.4 is 9.64 Å². The second kappa shape index (κ2) is 4.69. The Morgan fingerprint density at radius 3 is 2.89 bits per heavy atom. The van der Waals surface area contributed by atoms with Crippen LogP contribution in [0, 0.1) is 11.3 Å². The summed E-state index contributed by atoms with van der Waals surface area (Å²) in [5, 5.41) is 8.79. The molecule has 0 bridgehead atoms. The number of anilines is 1. The highest BCUT2D eigenvalue weighted by molar-refractivity contribution is 5.95. The Balaban J connectivity index is 2.39. The van der Waals surface area contributed by atoms with Gasteiger partial charge in [0.2, 0.25) is 0 Å². The standard InChI is InChI=1S/C14H16N2O2/c1-9-13(6-7-15)18-14-5-4-11(10(2)17)8-12(14)16(9)3/h4-5,8-9,13H,6H2,1-3H3.